The summed E-state index contributed by atoms with van der Waals surface area (Å²) in [5.74, 6) is -1.25. The number of anilines is 1. The van der Waals surface area contributed by atoms with Crippen molar-refractivity contribution in [2.24, 2.45) is 0 Å². The molecule has 0 saturated carbocycles. The van der Waals surface area contributed by atoms with Crippen molar-refractivity contribution in [1.29, 1.82) is 0 Å². The Morgan fingerprint density at radius 1 is 1.15 bits per heavy atom. The number of aromatic nitrogens is 2. The van der Waals surface area contributed by atoms with Gasteiger partial charge in [0.1, 0.15) is 5.82 Å². The molecule has 1 N–H and O–H groups in total. The Kier molecular flexibility index (Phi) is 5.44. The number of benzene rings is 2. The van der Waals surface area contributed by atoms with Crippen LogP contribution in [-0.2, 0) is 17.4 Å². The van der Waals surface area contributed by atoms with Crippen LogP contribution >= 0.6 is 11.5 Å². The zero-order chi connectivity index (χ0) is 19.6. The maximum Gasteiger partial charge on any atom is 0.416 e. The summed E-state index contributed by atoms with van der Waals surface area (Å²) in [6, 6.07) is 8.89. The van der Waals surface area contributed by atoms with Crippen LogP contribution in [0.2, 0.25) is 0 Å². The van der Waals surface area contributed by atoms with Crippen molar-refractivity contribution in [3.63, 3.8) is 0 Å². The first-order chi connectivity index (χ1) is 12.8. The van der Waals surface area contributed by atoms with Gasteiger partial charge < -0.3 is 9.87 Å². The first kappa shape index (κ1) is 19.3. The minimum Gasteiger partial charge on any atom is -0.606 e. The fourth-order valence-electron chi connectivity index (χ4n) is 2.06. The molecule has 1 atom stereocenters. The van der Waals surface area contributed by atoms with Gasteiger partial charge in [0.2, 0.25) is 5.69 Å². The summed E-state index contributed by atoms with van der Waals surface area (Å²) < 4.78 is 67.6. The Balaban J connectivity index is 1.86. The molecule has 11 heteroatoms. The molecular weight excluding hydrogens is 406 g/mol. The number of carbonyl (C=O) groups is 1. The molecule has 0 radical (unpaired) electrons. The second kappa shape index (κ2) is 7.62. The second-order valence-electron chi connectivity index (χ2n) is 5.16. The zero-order valence-electron chi connectivity index (χ0n) is 13.2. The van der Waals surface area contributed by atoms with Gasteiger partial charge in [0.15, 0.2) is 4.90 Å². The molecule has 0 aliphatic heterocycles. The molecule has 27 heavy (non-hydrogen) atoms. The largest absolute Gasteiger partial charge is 0.606 e. The Hall–Kier alpha value is -2.50. The molecule has 0 aliphatic carbocycles. The monoisotopic (exact) mass is 415 g/mol. The van der Waals surface area contributed by atoms with E-state index < -0.39 is 34.6 Å². The molecule has 0 saturated heterocycles. The van der Waals surface area contributed by atoms with Gasteiger partial charge in [-0.05, 0) is 36.4 Å². The van der Waals surface area contributed by atoms with Gasteiger partial charge in [0, 0.05) is 34.5 Å². The predicted molar refractivity (Wildman–Crippen MR) is 90.4 cm³/mol. The van der Waals surface area contributed by atoms with E-state index in [1.165, 1.54) is 18.2 Å². The van der Waals surface area contributed by atoms with Crippen LogP contribution in [0.5, 0.6) is 0 Å². The highest BCUT2D eigenvalue weighted by molar-refractivity contribution is 7.93. The molecule has 3 aromatic rings. The number of rotatable bonds is 4. The van der Waals surface area contributed by atoms with E-state index in [-0.39, 0.29) is 20.5 Å². The molecule has 0 spiro atoms. The van der Waals surface area contributed by atoms with Gasteiger partial charge in [-0.3, -0.25) is 4.79 Å². The van der Waals surface area contributed by atoms with Crippen LogP contribution in [0.4, 0.5) is 23.2 Å². The first-order valence-electron chi connectivity index (χ1n) is 7.24. The normalized spacial score (nSPS) is 12.6. The van der Waals surface area contributed by atoms with Crippen molar-refractivity contribution < 1.29 is 26.9 Å². The van der Waals surface area contributed by atoms with E-state index in [0.29, 0.717) is 11.5 Å². The number of nitrogens with zero attached hydrogens (tertiary/aromatic N) is 2. The highest BCUT2D eigenvalue weighted by Crippen LogP contribution is 2.33. The van der Waals surface area contributed by atoms with E-state index in [0.717, 1.165) is 30.3 Å². The Morgan fingerprint density at radius 2 is 1.85 bits per heavy atom. The lowest BCUT2D eigenvalue weighted by Crippen LogP contribution is -2.16. The SMILES string of the molecule is O=C(Nc1ccc(F)cc1)c1nnsc1[S+]([O-])c1cccc(C(F)(F)F)c1. The molecular formula is C16H9F4N3O2S2. The third kappa shape index (κ3) is 4.43. The lowest BCUT2D eigenvalue weighted by molar-refractivity contribution is -0.137. The van der Waals surface area contributed by atoms with E-state index in [9.17, 15) is 26.9 Å². The molecule has 5 nitrogen and oxygen atoms in total. The quantitative estimate of drug-likeness (QED) is 0.514. The van der Waals surface area contributed by atoms with E-state index in [1.54, 1.807) is 0 Å². The molecule has 0 bridgehead atoms. The highest BCUT2D eigenvalue weighted by atomic mass is 32.2. The summed E-state index contributed by atoms with van der Waals surface area (Å²) in [4.78, 5) is 12.2. The van der Waals surface area contributed by atoms with Crippen molar-refractivity contribution >= 4 is 34.3 Å². The van der Waals surface area contributed by atoms with Gasteiger partial charge in [0.05, 0.1) is 5.56 Å². The van der Waals surface area contributed by atoms with E-state index in [4.69, 9.17) is 0 Å². The standard InChI is InChI=1S/C16H9F4N3O2S2/c17-10-4-6-11(7-5-10)21-14(24)13-15(26-23-22-13)27(25)12-3-1-2-9(8-12)16(18,19)20/h1-8H,(H,21,24). The first-order valence-corrected chi connectivity index (χ1v) is 9.16. The van der Waals surface area contributed by atoms with Crippen molar-refractivity contribution in [3.8, 4) is 0 Å². The number of carbonyl (C=O) groups excluding carboxylic acids is 1. The summed E-state index contributed by atoms with van der Waals surface area (Å²) in [6.07, 6.45) is -4.59. The van der Waals surface area contributed by atoms with Gasteiger partial charge in [-0.15, -0.1) is 5.10 Å². The van der Waals surface area contributed by atoms with Gasteiger partial charge in [-0.1, -0.05) is 10.6 Å². The fraction of sp³-hybridized carbons (Fsp3) is 0.0625. The van der Waals surface area contributed by atoms with Gasteiger partial charge in [-0.25, -0.2) is 4.39 Å². The Bertz CT molecular complexity index is 961. The van der Waals surface area contributed by atoms with E-state index in [1.807, 2.05) is 0 Å². The van der Waals surface area contributed by atoms with Crippen LogP contribution in [0.1, 0.15) is 16.1 Å². The lowest BCUT2D eigenvalue weighted by Gasteiger charge is -2.11. The van der Waals surface area contributed by atoms with Crippen LogP contribution in [0.25, 0.3) is 0 Å². The van der Waals surface area contributed by atoms with Crippen LogP contribution in [0.3, 0.4) is 0 Å². The maximum atomic E-state index is 12.9. The third-order valence-electron chi connectivity index (χ3n) is 3.32. The maximum absolute atomic E-state index is 12.9. The summed E-state index contributed by atoms with van der Waals surface area (Å²) in [6.45, 7) is 0. The topological polar surface area (TPSA) is 77.9 Å². The molecule has 1 heterocycles. The van der Waals surface area contributed by atoms with Gasteiger partial charge >= 0.3 is 6.18 Å². The molecule has 1 amide bonds. The van der Waals surface area contributed by atoms with Gasteiger partial charge in [0.25, 0.3) is 10.1 Å². The lowest BCUT2D eigenvalue weighted by atomic mass is 10.2. The summed E-state index contributed by atoms with van der Waals surface area (Å²) in [5.41, 5.74) is -0.964. The third-order valence-corrected chi connectivity index (χ3v) is 5.73. The summed E-state index contributed by atoms with van der Waals surface area (Å²) >= 11 is -1.44. The minimum atomic E-state index is -4.59. The Labute approximate surface area is 157 Å². The van der Waals surface area contributed by atoms with Crippen molar-refractivity contribution in [2.75, 3.05) is 5.32 Å². The zero-order valence-corrected chi connectivity index (χ0v) is 14.8. The smallest absolute Gasteiger partial charge is 0.416 e. The number of hydrogen-bond donors (Lipinski definition) is 1. The van der Waals surface area contributed by atoms with Crippen molar-refractivity contribution in [2.45, 2.75) is 15.3 Å². The molecule has 1 unspecified atom stereocenters. The molecule has 1 aromatic heterocycles. The number of amides is 1. The predicted octanol–water partition coefficient (Wildman–Crippen LogP) is 4.12. The minimum absolute atomic E-state index is 0.0889. The molecule has 2 aromatic carbocycles. The van der Waals surface area contributed by atoms with Gasteiger partial charge in [-0.2, -0.15) is 13.2 Å². The van der Waals surface area contributed by atoms with Crippen LogP contribution in [-0.4, -0.2) is 20.0 Å². The number of halogens is 4. The van der Waals surface area contributed by atoms with Crippen LogP contribution in [0, 0.1) is 5.82 Å². The summed E-state index contributed by atoms with van der Waals surface area (Å²) in [7, 11) is 0. The molecule has 3 rings (SSSR count). The van der Waals surface area contributed by atoms with Crippen LogP contribution < -0.4 is 5.32 Å². The van der Waals surface area contributed by atoms with E-state index >= 15 is 0 Å². The Morgan fingerprint density at radius 3 is 2.52 bits per heavy atom. The number of nitrogens with one attached hydrogen (secondary N) is 1. The van der Waals surface area contributed by atoms with Crippen molar-refractivity contribution in [3.05, 3.63) is 65.6 Å². The number of alkyl halides is 3. The number of hydrogen-bond acceptors (Lipinski definition) is 5. The van der Waals surface area contributed by atoms with Crippen LogP contribution in [0.15, 0.2) is 57.6 Å². The van der Waals surface area contributed by atoms with E-state index in [2.05, 4.69) is 14.9 Å². The summed E-state index contributed by atoms with van der Waals surface area (Å²) in [5, 5.41) is 6.05. The molecule has 0 aliphatic rings. The average molecular weight is 415 g/mol. The molecule has 140 valence electrons. The highest BCUT2D eigenvalue weighted by Gasteiger charge is 2.34. The second-order valence-corrected chi connectivity index (χ2v) is 7.59. The average Bonchev–Trinajstić information content (AvgIpc) is 3.12. The van der Waals surface area contributed by atoms with Crippen molar-refractivity contribution in [1.82, 2.24) is 9.59 Å². The molecule has 0 fully saturated rings. The fourth-order valence-corrected chi connectivity index (χ4v) is 4.10.